The van der Waals surface area contributed by atoms with E-state index in [1.807, 2.05) is 0 Å². The van der Waals surface area contributed by atoms with E-state index in [4.69, 9.17) is 14.9 Å². The molecule has 2 aliphatic rings. The molecule has 166 valence electrons. The molecule has 2 bridgehead atoms. The second-order valence-electron chi connectivity index (χ2n) is 9.38. The van der Waals surface area contributed by atoms with Gasteiger partial charge < -0.3 is 14.9 Å². The van der Waals surface area contributed by atoms with E-state index in [1.54, 1.807) is 0 Å². The summed E-state index contributed by atoms with van der Waals surface area (Å²) >= 11 is 0. The van der Waals surface area contributed by atoms with E-state index in [0.717, 1.165) is 12.3 Å². The summed E-state index contributed by atoms with van der Waals surface area (Å²) in [7, 11) is 4.20. The third-order valence-electron chi connectivity index (χ3n) is 7.57. The minimum atomic E-state index is -1.26. The summed E-state index contributed by atoms with van der Waals surface area (Å²) in [5.74, 6) is -1.76. The van der Waals surface area contributed by atoms with Gasteiger partial charge in [-0.25, -0.2) is 9.59 Å². The average molecular weight is 418 g/mol. The molecule has 1 unspecified atom stereocenters. The molecule has 2 saturated carbocycles. The zero-order valence-electron chi connectivity index (χ0n) is 18.9. The van der Waals surface area contributed by atoms with Gasteiger partial charge in [-0.1, -0.05) is 51.1 Å². The number of benzene rings is 1. The minimum Gasteiger partial charge on any atom is -0.478 e. The third-order valence-corrected chi connectivity index (χ3v) is 7.57. The van der Waals surface area contributed by atoms with Crippen molar-refractivity contribution in [3.05, 3.63) is 48.0 Å². The number of carboxylic acids is 2. The van der Waals surface area contributed by atoms with Crippen LogP contribution in [0.4, 0.5) is 0 Å². The van der Waals surface area contributed by atoms with Gasteiger partial charge in [-0.3, -0.25) is 4.90 Å². The van der Waals surface area contributed by atoms with Crippen molar-refractivity contribution in [2.75, 3.05) is 14.1 Å². The van der Waals surface area contributed by atoms with Crippen molar-refractivity contribution in [1.29, 1.82) is 0 Å². The molecule has 2 aliphatic carbocycles. The molecule has 0 aliphatic heterocycles. The van der Waals surface area contributed by atoms with E-state index in [0.29, 0.717) is 17.6 Å². The Morgan fingerprint density at radius 3 is 2.00 bits per heavy atom. The molecule has 1 aromatic carbocycles. The van der Waals surface area contributed by atoms with Crippen molar-refractivity contribution in [2.24, 2.45) is 16.7 Å². The van der Waals surface area contributed by atoms with Gasteiger partial charge in [-0.2, -0.15) is 0 Å². The molecule has 0 spiro atoms. The van der Waals surface area contributed by atoms with Gasteiger partial charge in [0.2, 0.25) is 0 Å². The lowest BCUT2D eigenvalue weighted by molar-refractivity contribution is -0.203. The number of hydrogen-bond donors (Lipinski definition) is 2. The lowest BCUT2D eigenvalue weighted by Gasteiger charge is -2.50. The highest BCUT2D eigenvalue weighted by Gasteiger charge is 2.70. The van der Waals surface area contributed by atoms with Crippen LogP contribution in [-0.2, 0) is 19.9 Å². The van der Waals surface area contributed by atoms with Crippen LogP contribution in [0.2, 0.25) is 0 Å². The van der Waals surface area contributed by atoms with Crippen LogP contribution in [0, 0.1) is 16.7 Å². The Labute approximate surface area is 179 Å². The molecule has 4 atom stereocenters. The molecular weight excluding hydrogens is 382 g/mol. The summed E-state index contributed by atoms with van der Waals surface area (Å²) in [6, 6.07) is 11.0. The van der Waals surface area contributed by atoms with E-state index in [2.05, 4.69) is 77.0 Å². The summed E-state index contributed by atoms with van der Waals surface area (Å²) in [5.41, 5.74) is 1.72. The van der Waals surface area contributed by atoms with Crippen LogP contribution in [0.5, 0.6) is 0 Å². The first-order valence-corrected chi connectivity index (χ1v) is 10.4. The molecular formula is C24H35NO5. The normalized spacial score (nSPS) is 30.2. The van der Waals surface area contributed by atoms with Crippen molar-refractivity contribution in [3.63, 3.8) is 0 Å². The second-order valence-corrected chi connectivity index (χ2v) is 9.38. The molecule has 2 fully saturated rings. The number of hydrogen-bond acceptors (Lipinski definition) is 4. The molecule has 1 aromatic rings. The predicted octanol–water partition coefficient (Wildman–Crippen LogP) is 4.36. The lowest BCUT2D eigenvalue weighted by atomic mass is 9.62. The Kier molecular flexibility index (Phi) is 7.15. The van der Waals surface area contributed by atoms with Crippen LogP contribution in [0.25, 0.3) is 0 Å². The molecule has 3 rings (SSSR count). The molecule has 2 N–H and O–H groups in total. The summed E-state index contributed by atoms with van der Waals surface area (Å²) in [6.07, 6.45) is 4.99. The number of nitrogens with zero attached hydrogens (tertiary/aromatic N) is 1. The van der Waals surface area contributed by atoms with Crippen LogP contribution in [0.1, 0.15) is 52.5 Å². The van der Waals surface area contributed by atoms with Crippen LogP contribution in [0.3, 0.4) is 0 Å². The fraction of sp³-hybridized carbons (Fsp3) is 0.583. The van der Waals surface area contributed by atoms with Gasteiger partial charge in [0.05, 0.1) is 0 Å². The van der Waals surface area contributed by atoms with Gasteiger partial charge in [-0.05, 0) is 57.2 Å². The monoisotopic (exact) mass is 417 g/mol. The zero-order chi connectivity index (χ0) is 22.7. The maximum Gasteiger partial charge on any atom is 0.328 e. The molecule has 30 heavy (non-hydrogen) atoms. The maximum atomic E-state index is 9.55. The topological polar surface area (TPSA) is 87.1 Å². The number of ether oxygens (including phenoxy) is 1. The first-order valence-electron chi connectivity index (χ1n) is 10.4. The van der Waals surface area contributed by atoms with Crippen molar-refractivity contribution < 1.29 is 24.5 Å². The zero-order valence-corrected chi connectivity index (χ0v) is 18.9. The van der Waals surface area contributed by atoms with Gasteiger partial charge in [-0.15, -0.1) is 0 Å². The highest BCUT2D eigenvalue weighted by Crippen LogP contribution is 2.74. The van der Waals surface area contributed by atoms with Gasteiger partial charge in [0, 0.05) is 17.6 Å². The number of fused-ring (bicyclic) bond motifs is 2. The van der Waals surface area contributed by atoms with Crippen LogP contribution < -0.4 is 0 Å². The number of carbonyl (C=O) groups is 2. The highest BCUT2D eigenvalue weighted by molar-refractivity contribution is 5.89. The smallest absolute Gasteiger partial charge is 0.328 e. The maximum absolute atomic E-state index is 9.55. The van der Waals surface area contributed by atoms with E-state index in [-0.39, 0.29) is 17.2 Å². The van der Waals surface area contributed by atoms with Gasteiger partial charge >= 0.3 is 11.9 Å². The second kappa shape index (κ2) is 8.90. The fourth-order valence-electron chi connectivity index (χ4n) is 5.18. The third kappa shape index (κ3) is 4.30. The Bertz CT molecular complexity index is 772. The van der Waals surface area contributed by atoms with Crippen molar-refractivity contribution in [3.8, 4) is 0 Å². The summed E-state index contributed by atoms with van der Waals surface area (Å²) in [4.78, 5) is 21.3. The van der Waals surface area contributed by atoms with E-state index in [1.165, 1.54) is 18.4 Å². The van der Waals surface area contributed by atoms with Gasteiger partial charge in [0.1, 0.15) is 11.8 Å². The van der Waals surface area contributed by atoms with Crippen LogP contribution >= 0.6 is 0 Å². The van der Waals surface area contributed by atoms with Crippen molar-refractivity contribution in [2.45, 2.75) is 58.8 Å². The summed E-state index contributed by atoms with van der Waals surface area (Å²) in [5, 5.41) is 15.6. The largest absolute Gasteiger partial charge is 0.478 e. The molecule has 6 nitrogen and oxygen atoms in total. The Morgan fingerprint density at radius 2 is 1.63 bits per heavy atom. The molecule has 0 amide bonds. The summed E-state index contributed by atoms with van der Waals surface area (Å²) < 4.78 is 6.84. The van der Waals surface area contributed by atoms with Crippen LogP contribution in [0.15, 0.2) is 42.5 Å². The lowest BCUT2D eigenvalue weighted by Crippen LogP contribution is -2.50. The number of aliphatic carboxylic acids is 2. The van der Waals surface area contributed by atoms with Crippen molar-refractivity contribution in [1.82, 2.24) is 4.90 Å². The molecule has 0 radical (unpaired) electrons. The first-order chi connectivity index (χ1) is 13.9. The molecule has 0 saturated heterocycles. The Hall–Kier alpha value is -2.18. The van der Waals surface area contributed by atoms with E-state index < -0.39 is 11.9 Å². The quantitative estimate of drug-likeness (QED) is 0.528. The number of carboxylic acid groups (broad SMARTS) is 2. The van der Waals surface area contributed by atoms with Crippen LogP contribution in [-0.4, -0.2) is 47.4 Å². The van der Waals surface area contributed by atoms with E-state index in [9.17, 15) is 9.59 Å². The fourth-order valence-corrected chi connectivity index (χ4v) is 5.18. The Morgan fingerprint density at radius 1 is 1.10 bits per heavy atom. The summed E-state index contributed by atoms with van der Waals surface area (Å²) in [6.45, 7) is 9.56. The van der Waals surface area contributed by atoms with Crippen molar-refractivity contribution >= 4 is 11.9 Å². The van der Waals surface area contributed by atoms with Gasteiger partial charge in [0.15, 0.2) is 0 Å². The molecule has 6 heteroatoms. The molecule has 0 heterocycles. The van der Waals surface area contributed by atoms with Gasteiger partial charge in [0.25, 0.3) is 0 Å². The standard InChI is InChI=1S/C20H31NO.C4H4O4/c1-15(21(5)6)22-20(16-10-8-7-9-11-16)14-17-12-13-19(20,4)18(17,2)3;5-3(6)1-2-4(7)8/h7-11,15,17H,12-14H2,1-6H3;1-2H,(H,5,6)(H,7,8)/b;2-1+/t15-,17-,19?,20+;/m1./s1. The Balaban J connectivity index is 0.000000343. The average Bonchev–Trinajstić information content (AvgIpc) is 3.00. The number of rotatable bonds is 6. The SMILES string of the molecule is C[C@@H](O[C@]1(c2ccccc2)C[C@H]2CCC1(C)C2(C)C)N(C)C.O=C(O)/C=C/C(=O)O. The van der Waals surface area contributed by atoms with E-state index >= 15 is 0 Å². The molecule has 0 aromatic heterocycles. The minimum absolute atomic E-state index is 0.118. The highest BCUT2D eigenvalue weighted by atomic mass is 16.5. The first kappa shape index (κ1) is 24.1. The predicted molar refractivity (Wildman–Crippen MR) is 116 cm³/mol.